The SMILES string of the molecule is CCc1cccc(NC(=NCc2ccccn2)NC(=O)c2ccc(C)c(C)c2)c1. The van der Waals surface area contributed by atoms with Gasteiger partial charge in [0.25, 0.3) is 5.91 Å². The molecule has 0 radical (unpaired) electrons. The van der Waals surface area contributed by atoms with Crippen molar-refractivity contribution in [3.63, 3.8) is 0 Å². The summed E-state index contributed by atoms with van der Waals surface area (Å²) in [7, 11) is 0. The molecule has 5 heteroatoms. The van der Waals surface area contributed by atoms with Crippen LogP contribution in [-0.4, -0.2) is 16.9 Å². The van der Waals surface area contributed by atoms with E-state index in [2.05, 4.69) is 39.7 Å². The first kappa shape index (κ1) is 20.3. The van der Waals surface area contributed by atoms with Crippen molar-refractivity contribution in [1.82, 2.24) is 10.3 Å². The molecular weight excluding hydrogens is 360 g/mol. The van der Waals surface area contributed by atoms with Crippen LogP contribution >= 0.6 is 0 Å². The van der Waals surface area contributed by atoms with Gasteiger partial charge in [-0.25, -0.2) is 4.99 Å². The number of aryl methyl sites for hydroxylation is 3. The first-order valence-electron chi connectivity index (χ1n) is 9.74. The van der Waals surface area contributed by atoms with Crippen LogP contribution in [0.1, 0.15) is 39.7 Å². The molecule has 0 aliphatic carbocycles. The lowest BCUT2D eigenvalue weighted by Crippen LogP contribution is -2.36. The molecule has 0 saturated heterocycles. The van der Waals surface area contributed by atoms with E-state index in [-0.39, 0.29) is 5.91 Å². The van der Waals surface area contributed by atoms with Crippen molar-refractivity contribution < 1.29 is 4.79 Å². The highest BCUT2D eigenvalue weighted by Crippen LogP contribution is 2.12. The van der Waals surface area contributed by atoms with Crippen LogP contribution in [0.3, 0.4) is 0 Å². The van der Waals surface area contributed by atoms with Gasteiger partial charge in [0, 0.05) is 17.4 Å². The summed E-state index contributed by atoms with van der Waals surface area (Å²) in [5, 5.41) is 6.15. The number of pyridine rings is 1. The van der Waals surface area contributed by atoms with Crippen molar-refractivity contribution >= 4 is 17.6 Å². The summed E-state index contributed by atoms with van der Waals surface area (Å²) in [6.45, 7) is 6.50. The Morgan fingerprint density at radius 2 is 1.86 bits per heavy atom. The van der Waals surface area contributed by atoms with E-state index >= 15 is 0 Å². The number of aliphatic imine (C=N–C) groups is 1. The van der Waals surface area contributed by atoms with Gasteiger partial charge in [-0.2, -0.15) is 0 Å². The predicted molar refractivity (Wildman–Crippen MR) is 118 cm³/mol. The van der Waals surface area contributed by atoms with Crippen molar-refractivity contribution in [1.29, 1.82) is 0 Å². The summed E-state index contributed by atoms with van der Waals surface area (Å²) in [6, 6.07) is 19.4. The highest BCUT2D eigenvalue weighted by atomic mass is 16.1. The number of guanidine groups is 1. The summed E-state index contributed by atoms with van der Waals surface area (Å²) in [5.74, 6) is 0.194. The first-order valence-corrected chi connectivity index (χ1v) is 9.74. The molecule has 0 fully saturated rings. The lowest BCUT2D eigenvalue weighted by Gasteiger charge is -2.13. The Balaban J connectivity index is 1.82. The lowest BCUT2D eigenvalue weighted by molar-refractivity contribution is 0.0977. The van der Waals surface area contributed by atoms with E-state index < -0.39 is 0 Å². The number of carbonyl (C=O) groups is 1. The molecule has 1 aromatic heterocycles. The Hall–Kier alpha value is -3.47. The number of hydrogen-bond donors (Lipinski definition) is 2. The van der Waals surface area contributed by atoms with Crippen molar-refractivity contribution in [3.05, 3.63) is 94.8 Å². The molecule has 1 heterocycles. The minimum atomic E-state index is -0.202. The molecule has 148 valence electrons. The Morgan fingerprint density at radius 1 is 1.00 bits per heavy atom. The number of aromatic nitrogens is 1. The van der Waals surface area contributed by atoms with Gasteiger partial charge in [-0.3, -0.25) is 15.1 Å². The molecule has 0 spiro atoms. The number of carbonyl (C=O) groups excluding carboxylic acids is 1. The zero-order chi connectivity index (χ0) is 20.6. The average Bonchev–Trinajstić information content (AvgIpc) is 2.74. The molecule has 0 aliphatic rings. The van der Waals surface area contributed by atoms with Crippen LogP contribution in [0.4, 0.5) is 5.69 Å². The number of amides is 1. The van der Waals surface area contributed by atoms with Gasteiger partial charge in [-0.15, -0.1) is 0 Å². The lowest BCUT2D eigenvalue weighted by atomic mass is 10.1. The third kappa shape index (κ3) is 5.75. The van der Waals surface area contributed by atoms with Gasteiger partial charge in [-0.05, 0) is 73.4 Å². The van der Waals surface area contributed by atoms with E-state index in [4.69, 9.17) is 0 Å². The van der Waals surface area contributed by atoms with E-state index in [1.807, 2.05) is 62.4 Å². The minimum absolute atomic E-state index is 0.202. The van der Waals surface area contributed by atoms with Crippen molar-refractivity contribution in [2.45, 2.75) is 33.7 Å². The maximum Gasteiger partial charge on any atom is 0.257 e. The number of hydrogen-bond acceptors (Lipinski definition) is 3. The topological polar surface area (TPSA) is 66.4 Å². The fraction of sp³-hybridized carbons (Fsp3) is 0.208. The molecule has 29 heavy (non-hydrogen) atoms. The van der Waals surface area contributed by atoms with Gasteiger partial charge in [0.05, 0.1) is 12.2 Å². The monoisotopic (exact) mass is 386 g/mol. The minimum Gasteiger partial charge on any atom is -0.326 e. The van der Waals surface area contributed by atoms with Crippen LogP contribution in [0.15, 0.2) is 71.9 Å². The van der Waals surface area contributed by atoms with Crippen molar-refractivity contribution in [2.24, 2.45) is 4.99 Å². The summed E-state index contributed by atoms with van der Waals surface area (Å²) < 4.78 is 0. The van der Waals surface area contributed by atoms with Gasteiger partial charge >= 0.3 is 0 Å². The van der Waals surface area contributed by atoms with Crippen LogP contribution in [0.25, 0.3) is 0 Å². The van der Waals surface area contributed by atoms with Gasteiger partial charge < -0.3 is 5.32 Å². The Bertz CT molecular complexity index is 1010. The smallest absolute Gasteiger partial charge is 0.257 e. The average molecular weight is 386 g/mol. The van der Waals surface area contributed by atoms with Crippen LogP contribution in [0.5, 0.6) is 0 Å². The van der Waals surface area contributed by atoms with E-state index in [1.165, 1.54) is 5.56 Å². The third-order valence-corrected chi connectivity index (χ3v) is 4.72. The molecule has 5 nitrogen and oxygen atoms in total. The molecular formula is C24H26N4O. The fourth-order valence-corrected chi connectivity index (χ4v) is 2.83. The largest absolute Gasteiger partial charge is 0.326 e. The number of benzene rings is 2. The Kier molecular flexibility index (Phi) is 6.74. The summed E-state index contributed by atoms with van der Waals surface area (Å²) in [6.07, 6.45) is 2.67. The molecule has 0 aliphatic heterocycles. The zero-order valence-corrected chi connectivity index (χ0v) is 17.1. The molecule has 1 amide bonds. The molecule has 3 aromatic rings. The number of anilines is 1. The first-order chi connectivity index (χ1) is 14.0. The zero-order valence-electron chi connectivity index (χ0n) is 17.1. The van der Waals surface area contributed by atoms with Crippen molar-refractivity contribution in [3.8, 4) is 0 Å². The number of rotatable bonds is 5. The molecule has 2 N–H and O–H groups in total. The molecule has 0 bridgehead atoms. The van der Waals surface area contributed by atoms with Crippen LogP contribution in [-0.2, 0) is 13.0 Å². The molecule has 0 saturated carbocycles. The maximum absolute atomic E-state index is 12.8. The van der Waals surface area contributed by atoms with Gasteiger partial charge in [0.1, 0.15) is 0 Å². The number of nitrogens with one attached hydrogen (secondary N) is 2. The second-order valence-corrected chi connectivity index (χ2v) is 6.92. The van der Waals surface area contributed by atoms with Crippen LogP contribution in [0.2, 0.25) is 0 Å². The molecule has 0 unspecified atom stereocenters. The van der Waals surface area contributed by atoms with Gasteiger partial charge in [-0.1, -0.05) is 31.2 Å². The normalized spacial score (nSPS) is 11.2. The second kappa shape index (κ2) is 9.64. The molecule has 2 aromatic carbocycles. The highest BCUT2D eigenvalue weighted by Gasteiger charge is 2.11. The Morgan fingerprint density at radius 3 is 2.59 bits per heavy atom. The highest BCUT2D eigenvalue weighted by molar-refractivity contribution is 6.10. The van der Waals surface area contributed by atoms with E-state index in [0.717, 1.165) is 28.9 Å². The van der Waals surface area contributed by atoms with E-state index in [1.54, 1.807) is 6.20 Å². The van der Waals surface area contributed by atoms with E-state index in [9.17, 15) is 4.79 Å². The quantitative estimate of drug-likeness (QED) is 0.495. The molecule has 3 rings (SSSR count). The summed E-state index contributed by atoms with van der Waals surface area (Å²) >= 11 is 0. The second-order valence-electron chi connectivity index (χ2n) is 6.92. The maximum atomic E-state index is 12.8. The predicted octanol–water partition coefficient (Wildman–Crippen LogP) is 4.66. The van der Waals surface area contributed by atoms with Crippen LogP contribution in [0, 0.1) is 13.8 Å². The standard InChI is InChI=1S/C24H26N4O/c1-4-19-8-7-10-21(15-19)27-24(26-16-22-9-5-6-13-25-22)28-23(29)20-12-11-17(2)18(3)14-20/h5-15H,4,16H2,1-3H3,(H2,26,27,28,29). The summed E-state index contributed by atoms with van der Waals surface area (Å²) in [4.78, 5) is 21.7. The van der Waals surface area contributed by atoms with Gasteiger partial charge in [0.2, 0.25) is 5.96 Å². The molecule has 0 atom stereocenters. The Labute approximate surface area is 171 Å². The van der Waals surface area contributed by atoms with Crippen LogP contribution < -0.4 is 10.6 Å². The van der Waals surface area contributed by atoms with Crippen molar-refractivity contribution in [2.75, 3.05) is 5.32 Å². The fourth-order valence-electron chi connectivity index (χ4n) is 2.83. The number of nitrogens with zero attached hydrogens (tertiary/aromatic N) is 2. The van der Waals surface area contributed by atoms with E-state index in [0.29, 0.717) is 18.1 Å². The third-order valence-electron chi connectivity index (χ3n) is 4.72. The van der Waals surface area contributed by atoms with Gasteiger partial charge in [0.15, 0.2) is 0 Å². The summed E-state index contributed by atoms with van der Waals surface area (Å²) in [5.41, 5.74) is 5.75.